The number of carbonyl (C=O) groups excluding carboxylic acids is 1. The van der Waals surface area contributed by atoms with E-state index in [0.29, 0.717) is 6.04 Å². The topological polar surface area (TPSA) is 58.4 Å². The first-order chi connectivity index (χ1) is 8.87. The molecule has 0 aromatic rings. The van der Waals surface area contributed by atoms with Crippen molar-refractivity contribution in [3.8, 4) is 0 Å². The Bertz CT molecular complexity index is 258. The molecule has 0 aromatic carbocycles. The number of unbranched alkanes of at least 4 members (excludes halogenated alkanes) is 2. The molecule has 114 valence electrons. The fourth-order valence-corrected chi connectivity index (χ4v) is 2.24. The molecule has 0 aliphatic heterocycles. The SMILES string of the molecule is CCCCCN(C)C(C)CC(C)(NCCC)C(N)=O. The monoisotopic (exact) mass is 271 g/mol. The average Bonchev–Trinajstić information content (AvgIpc) is 2.36. The molecule has 0 saturated heterocycles. The number of nitrogens with zero attached hydrogens (tertiary/aromatic N) is 1. The van der Waals surface area contributed by atoms with E-state index in [1.54, 1.807) is 0 Å². The van der Waals surface area contributed by atoms with Crippen molar-refractivity contribution in [2.24, 2.45) is 5.73 Å². The third-order valence-corrected chi connectivity index (χ3v) is 3.88. The zero-order chi connectivity index (χ0) is 14.9. The second-order valence-electron chi connectivity index (χ2n) is 5.86. The number of primary amides is 1. The van der Waals surface area contributed by atoms with Crippen LogP contribution in [0.5, 0.6) is 0 Å². The predicted octanol–water partition coefficient (Wildman–Crippen LogP) is 2.13. The summed E-state index contributed by atoms with van der Waals surface area (Å²) < 4.78 is 0. The first kappa shape index (κ1) is 18.4. The van der Waals surface area contributed by atoms with Crippen LogP contribution in [0.1, 0.15) is 59.8 Å². The first-order valence-electron chi connectivity index (χ1n) is 7.62. The summed E-state index contributed by atoms with van der Waals surface area (Å²) in [6.07, 6.45) is 5.47. The van der Waals surface area contributed by atoms with Gasteiger partial charge in [0, 0.05) is 6.04 Å². The number of carbonyl (C=O) groups is 1. The molecule has 0 spiro atoms. The van der Waals surface area contributed by atoms with Gasteiger partial charge in [0.2, 0.25) is 5.91 Å². The van der Waals surface area contributed by atoms with Gasteiger partial charge in [0.05, 0.1) is 5.54 Å². The number of hydrogen-bond acceptors (Lipinski definition) is 3. The van der Waals surface area contributed by atoms with Crippen molar-refractivity contribution in [2.75, 3.05) is 20.1 Å². The fourth-order valence-electron chi connectivity index (χ4n) is 2.24. The van der Waals surface area contributed by atoms with Crippen molar-refractivity contribution in [3.05, 3.63) is 0 Å². The van der Waals surface area contributed by atoms with E-state index in [4.69, 9.17) is 5.73 Å². The molecule has 1 amide bonds. The van der Waals surface area contributed by atoms with E-state index in [1.807, 2.05) is 6.92 Å². The van der Waals surface area contributed by atoms with Crippen molar-refractivity contribution in [1.29, 1.82) is 0 Å². The van der Waals surface area contributed by atoms with Crippen LogP contribution in [0.4, 0.5) is 0 Å². The van der Waals surface area contributed by atoms with Gasteiger partial charge in [-0.25, -0.2) is 0 Å². The van der Waals surface area contributed by atoms with E-state index < -0.39 is 5.54 Å². The van der Waals surface area contributed by atoms with Gasteiger partial charge in [-0.2, -0.15) is 0 Å². The Labute approximate surface area is 119 Å². The highest BCUT2D eigenvalue weighted by Gasteiger charge is 2.32. The van der Waals surface area contributed by atoms with Crippen molar-refractivity contribution in [2.45, 2.75) is 71.4 Å². The predicted molar refractivity (Wildman–Crippen MR) is 82.1 cm³/mol. The lowest BCUT2D eigenvalue weighted by atomic mass is 9.92. The Kier molecular flexibility index (Phi) is 9.02. The summed E-state index contributed by atoms with van der Waals surface area (Å²) >= 11 is 0. The van der Waals surface area contributed by atoms with E-state index in [0.717, 1.165) is 25.9 Å². The molecule has 0 heterocycles. The molecule has 0 rings (SSSR count). The van der Waals surface area contributed by atoms with Gasteiger partial charge in [-0.3, -0.25) is 4.79 Å². The average molecular weight is 271 g/mol. The molecular weight excluding hydrogens is 238 g/mol. The zero-order valence-electron chi connectivity index (χ0n) is 13.5. The summed E-state index contributed by atoms with van der Waals surface area (Å²) in [6, 6.07) is 0.346. The third kappa shape index (κ3) is 6.92. The fraction of sp³-hybridized carbons (Fsp3) is 0.933. The minimum atomic E-state index is -0.603. The quantitative estimate of drug-likeness (QED) is 0.566. The Morgan fingerprint density at radius 3 is 2.42 bits per heavy atom. The number of amides is 1. The van der Waals surface area contributed by atoms with Crippen molar-refractivity contribution in [3.63, 3.8) is 0 Å². The molecule has 0 radical (unpaired) electrons. The van der Waals surface area contributed by atoms with Crippen LogP contribution in [0.15, 0.2) is 0 Å². The second kappa shape index (κ2) is 9.32. The highest BCUT2D eigenvalue weighted by Crippen LogP contribution is 2.16. The second-order valence-corrected chi connectivity index (χ2v) is 5.86. The number of hydrogen-bond donors (Lipinski definition) is 2. The van der Waals surface area contributed by atoms with Crippen LogP contribution in [0.25, 0.3) is 0 Å². The number of nitrogens with one attached hydrogen (secondary N) is 1. The molecule has 0 saturated carbocycles. The largest absolute Gasteiger partial charge is 0.368 e. The molecule has 0 aromatic heterocycles. The standard InChI is InChI=1S/C15H33N3O/c1-6-8-9-11-18(5)13(3)12-15(4,14(16)19)17-10-7-2/h13,17H,6-12H2,1-5H3,(H2,16,19). The van der Waals surface area contributed by atoms with E-state index in [9.17, 15) is 4.79 Å². The lowest BCUT2D eigenvalue weighted by molar-refractivity contribution is -0.124. The van der Waals surface area contributed by atoms with Crippen LogP contribution in [-0.4, -0.2) is 42.5 Å². The maximum atomic E-state index is 11.7. The normalized spacial score (nSPS) is 16.3. The summed E-state index contributed by atoms with van der Waals surface area (Å²) in [4.78, 5) is 14.0. The lowest BCUT2D eigenvalue weighted by Gasteiger charge is -2.34. The van der Waals surface area contributed by atoms with Crippen LogP contribution in [0.3, 0.4) is 0 Å². The highest BCUT2D eigenvalue weighted by atomic mass is 16.1. The van der Waals surface area contributed by atoms with Crippen molar-refractivity contribution < 1.29 is 4.79 Å². The Morgan fingerprint density at radius 1 is 1.32 bits per heavy atom. The van der Waals surface area contributed by atoms with Gasteiger partial charge >= 0.3 is 0 Å². The van der Waals surface area contributed by atoms with Gasteiger partial charge in [0.1, 0.15) is 0 Å². The van der Waals surface area contributed by atoms with Crippen LogP contribution in [-0.2, 0) is 4.79 Å². The van der Waals surface area contributed by atoms with Gasteiger partial charge < -0.3 is 16.0 Å². The minimum absolute atomic E-state index is 0.255. The summed E-state index contributed by atoms with van der Waals surface area (Å²) in [6.45, 7) is 10.3. The molecule has 0 bridgehead atoms. The molecule has 2 unspecified atom stereocenters. The molecule has 3 N–H and O–H groups in total. The maximum Gasteiger partial charge on any atom is 0.237 e. The summed E-state index contributed by atoms with van der Waals surface area (Å²) in [5.41, 5.74) is 4.96. The minimum Gasteiger partial charge on any atom is -0.368 e. The van der Waals surface area contributed by atoms with Gasteiger partial charge in [-0.05, 0) is 53.2 Å². The molecule has 19 heavy (non-hydrogen) atoms. The molecule has 0 aliphatic carbocycles. The lowest BCUT2D eigenvalue weighted by Crippen LogP contribution is -2.56. The molecule has 0 aliphatic rings. The van der Waals surface area contributed by atoms with Crippen LogP contribution in [0.2, 0.25) is 0 Å². The van der Waals surface area contributed by atoms with Crippen LogP contribution >= 0.6 is 0 Å². The van der Waals surface area contributed by atoms with E-state index in [2.05, 4.69) is 38.0 Å². The molecule has 0 fully saturated rings. The van der Waals surface area contributed by atoms with E-state index in [-0.39, 0.29) is 5.91 Å². The molecule has 4 nitrogen and oxygen atoms in total. The summed E-state index contributed by atoms with van der Waals surface area (Å²) in [7, 11) is 2.13. The number of nitrogens with two attached hydrogens (primary N) is 1. The van der Waals surface area contributed by atoms with Gasteiger partial charge in [-0.1, -0.05) is 26.7 Å². The molecule has 2 atom stereocenters. The van der Waals surface area contributed by atoms with Gasteiger partial charge in [0.25, 0.3) is 0 Å². The van der Waals surface area contributed by atoms with Crippen LogP contribution < -0.4 is 11.1 Å². The zero-order valence-corrected chi connectivity index (χ0v) is 13.5. The molecule has 4 heteroatoms. The van der Waals surface area contributed by atoms with Gasteiger partial charge in [-0.15, -0.1) is 0 Å². The van der Waals surface area contributed by atoms with Crippen molar-refractivity contribution >= 4 is 5.91 Å². The molecular formula is C15H33N3O. The first-order valence-corrected chi connectivity index (χ1v) is 7.62. The highest BCUT2D eigenvalue weighted by molar-refractivity contribution is 5.84. The van der Waals surface area contributed by atoms with Crippen molar-refractivity contribution in [1.82, 2.24) is 10.2 Å². The Balaban J connectivity index is 4.36. The number of rotatable bonds is 11. The Morgan fingerprint density at radius 2 is 1.95 bits per heavy atom. The third-order valence-electron chi connectivity index (χ3n) is 3.88. The summed E-state index contributed by atoms with van der Waals surface area (Å²) in [5, 5.41) is 3.30. The Hall–Kier alpha value is -0.610. The van der Waals surface area contributed by atoms with E-state index >= 15 is 0 Å². The smallest absolute Gasteiger partial charge is 0.237 e. The summed E-state index contributed by atoms with van der Waals surface area (Å²) in [5.74, 6) is -0.255. The van der Waals surface area contributed by atoms with Crippen LogP contribution in [0, 0.1) is 0 Å². The van der Waals surface area contributed by atoms with Gasteiger partial charge in [0.15, 0.2) is 0 Å². The maximum absolute atomic E-state index is 11.7. The van der Waals surface area contributed by atoms with E-state index in [1.165, 1.54) is 19.3 Å².